The summed E-state index contributed by atoms with van der Waals surface area (Å²) in [5, 5.41) is 2.81. The van der Waals surface area contributed by atoms with Gasteiger partial charge >= 0.3 is 0 Å². The van der Waals surface area contributed by atoms with E-state index in [9.17, 15) is 14.4 Å². The van der Waals surface area contributed by atoms with Crippen LogP contribution in [0.25, 0.3) is 0 Å². The normalized spacial score (nSPS) is 17.3. The zero-order valence-corrected chi connectivity index (χ0v) is 25.3. The van der Waals surface area contributed by atoms with Crippen molar-refractivity contribution in [2.75, 3.05) is 32.2 Å². The Morgan fingerprint density at radius 3 is 2.15 bits per heavy atom. The van der Waals surface area contributed by atoms with Crippen molar-refractivity contribution < 1.29 is 28.6 Å². The van der Waals surface area contributed by atoms with Crippen LogP contribution in [-0.4, -0.2) is 49.2 Å². The van der Waals surface area contributed by atoms with Crippen LogP contribution in [0.2, 0.25) is 0 Å². The topological polar surface area (TPSA) is 94.2 Å². The highest BCUT2D eigenvalue weighted by Crippen LogP contribution is 2.51. The van der Waals surface area contributed by atoms with Crippen molar-refractivity contribution in [3.63, 3.8) is 0 Å². The van der Waals surface area contributed by atoms with Crippen LogP contribution in [0.4, 0.5) is 5.69 Å². The number of nitrogens with one attached hydrogen (secondary N) is 1. The Morgan fingerprint density at radius 1 is 0.951 bits per heavy atom. The molecule has 0 saturated heterocycles. The molecule has 0 atom stereocenters. The summed E-state index contributed by atoms with van der Waals surface area (Å²) in [6.45, 7) is 4.81. The summed E-state index contributed by atoms with van der Waals surface area (Å²) in [4.78, 5) is 41.8. The van der Waals surface area contributed by atoms with E-state index < -0.39 is 5.92 Å². The average molecular weight is 624 g/mol. The van der Waals surface area contributed by atoms with Crippen LogP contribution in [0, 0.1) is 0 Å². The highest BCUT2D eigenvalue weighted by atomic mass is 79.9. The molecule has 5 rings (SSSR count). The number of hydrogen-bond acceptors (Lipinski definition) is 7. The molecule has 9 heteroatoms. The van der Waals surface area contributed by atoms with Crippen molar-refractivity contribution >= 4 is 39.1 Å². The first-order chi connectivity index (χ1) is 19.9. The van der Waals surface area contributed by atoms with Crippen LogP contribution in [0.1, 0.15) is 63.9 Å². The van der Waals surface area contributed by atoms with E-state index in [0.29, 0.717) is 46.9 Å². The molecule has 0 unspecified atom stereocenters. The Bertz CT molecular complexity index is 1380. The fourth-order valence-corrected chi connectivity index (χ4v) is 6.67. The minimum Gasteiger partial charge on any atom is -0.497 e. The molecular weight excluding hydrogens is 588 g/mol. The highest BCUT2D eigenvalue weighted by Gasteiger charge is 2.43. The van der Waals surface area contributed by atoms with Gasteiger partial charge in [0.25, 0.3) is 5.91 Å². The molecule has 216 valence electrons. The molecule has 41 heavy (non-hydrogen) atoms. The van der Waals surface area contributed by atoms with Gasteiger partial charge in [0.2, 0.25) is 0 Å². The summed E-state index contributed by atoms with van der Waals surface area (Å²) >= 11 is 3.64. The number of Topliss-reactive ketones (excluding diaryl/α,β-unsaturated/α-hetero) is 2. The van der Waals surface area contributed by atoms with E-state index >= 15 is 0 Å². The van der Waals surface area contributed by atoms with Crippen molar-refractivity contribution in [2.24, 2.45) is 0 Å². The van der Waals surface area contributed by atoms with Gasteiger partial charge in [-0.05, 0) is 97.4 Å². The molecule has 2 aromatic rings. The number of anilines is 1. The number of carbonyl (C=O) groups excluding carboxylic acids is 3. The van der Waals surface area contributed by atoms with E-state index in [2.05, 4.69) is 33.1 Å². The van der Waals surface area contributed by atoms with E-state index in [0.717, 1.165) is 60.3 Å². The minimum absolute atomic E-state index is 0.101. The molecule has 0 fully saturated rings. The van der Waals surface area contributed by atoms with Gasteiger partial charge in [0.05, 0.1) is 18.2 Å². The Balaban J connectivity index is 1.48. The Labute approximate surface area is 248 Å². The molecule has 0 spiro atoms. The molecule has 2 aliphatic carbocycles. The molecule has 8 nitrogen and oxygen atoms in total. The highest BCUT2D eigenvalue weighted by molar-refractivity contribution is 9.10. The average Bonchev–Trinajstić information content (AvgIpc) is 2.96. The second-order valence-electron chi connectivity index (χ2n) is 10.3. The maximum absolute atomic E-state index is 13.4. The number of carbonyl (C=O) groups is 3. The second kappa shape index (κ2) is 12.5. The number of benzene rings is 2. The summed E-state index contributed by atoms with van der Waals surface area (Å²) in [5.74, 6) is 0.953. The molecule has 1 amide bonds. The third-order valence-electron chi connectivity index (χ3n) is 7.79. The standard InChI is InChI=1S/C32H35BrN2O6/c1-4-35-23-8-6-10-25(36)30(23)29(31-24(35)9-7-11-26(31)37)19-16-22(33)32(27(17-19)40-5-2)41-18-28(38)34-20-12-14-21(39-3)15-13-20/h12-17,29H,4-11,18H2,1-3H3,(H,34,38). The van der Waals surface area contributed by atoms with Crippen molar-refractivity contribution in [2.45, 2.75) is 58.3 Å². The van der Waals surface area contributed by atoms with Gasteiger partial charge in [-0.15, -0.1) is 0 Å². The molecular formula is C32H35BrN2O6. The lowest BCUT2D eigenvalue weighted by atomic mass is 9.71. The summed E-state index contributed by atoms with van der Waals surface area (Å²) in [6.07, 6.45) is 4.23. The lowest BCUT2D eigenvalue weighted by molar-refractivity contribution is -0.118. The van der Waals surface area contributed by atoms with E-state index in [-0.39, 0.29) is 24.1 Å². The maximum Gasteiger partial charge on any atom is 0.262 e. The van der Waals surface area contributed by atoms with Gasteiger partial charge in [0, 0.05) is 53.5 Å². The van der Waals surface area contributed by atoms with Crippen molar-refractivity contribution in [1.82, 2.24) is 4.90 Å². The fraction of sp³-hybridized carbons (Fsp3) is 0.406. The van der Waals surface area contributed by atoms with E-state index in [4.69, 9.17) is 14.2 Å². The number of halogens is 1. The number of hydrogen-bond donors (Lipinski definition) is 1. The van der Waals surface area contributed by atoms with Crippen LogP contribution in [0.3, 0.4) is 0 Å². The predicted molar refractivity (Wildman–Crippen MR) is 159 cm³/mol. The largest absolute Gasteiger partial charge is 0.497 e. The first-order valence-corrected chi connectivity index (χ1v) is 15.0. The van der Waals surface area contributed by atoms with Gasteiger partial charge in [0.15, 0.2) is 29.7 Å². The first kappa shape index (κ1) is 28.9. The summed E-state index contributed by atoms with van der Waals surface area (Å²) in [5.41, 5.74) is 4.98. The fourth-order valence-electron chi connectivity index (χ4n) is 6.10. The summed E-state index contributed by atoms with van der Waals surface area (Å²) in [7, 11) is 1.58. The molecule has 0 saturated carbocycles. The smallest absolute Gasteiger partial charge is 0.262 e. The van der Waals surface area contributed by atoms with Crippen LogP contribution in [-0.2, 0) is 14.4 Å². The van der Waals surface area contributed by atoms with Gasteiger partial charge < -0.3 is 24.4 Å². The zero-order chi connectivity index (χ0) is 29.1. The van der Waals surface area contributed by atoms with Gasteiger partial charge in [-0.1, -0.05) is 0 Å². The van der Waals surface area contributed by atoms with Crippen LogP contribution in [0.5, 0.6) is 17.2 Å². The Hall–Kier alpha value is -3.59. The molecule has 1 N–H and O–H groups in total. The molecule has 0 aromatic heterocycles. The van der Waals surface area contributed by atoms with Crippen LogP contribution < -0.4 is 19.5 Å². The third kappa shape index (κ3) is 5.77. The molecule has 1 aliphatic heterocycles. The number of allylic oxidation sites excluding steroid dienone is 4. The lowest BCUT2D eigenvalue weighted by Gasteiger charge is -2.43. The number of ether oxygens (including phenoxy) is 3. The minimum atomic E-state index is -0.452. The van der Waals surface area contributed by atoms with Gasteiger partial charge in [-0.25, -0.2) is 0 Å². The van der Waals surface area contributed by atoms with Crippen LogP contribution >= 0.6 is 15.9 Å². The first-order valence-electron chi connectivity index (χ1n) is 14.2. The number of methoxy groups -OCH3 is 1. The number of rotatable bonds is 9. The van der Waals surface area contributed by atoms with E-state index in [1.807, 2.05) is 19.1 Å². The number of ketones is 2. The summed E-state index contributed by atoms with van der Waals surface area (Å²) < 4.78 is 17.7. The van der Waals surface area contributed by atoms with Crippen molar-refractivity contribution in [3.8, 4) is 17.2 Å². The molecule has 0 bridgehead atoms. The third-order valence-corrected chi connectivity index (χ3v) is 8.38. The molecule has 3 aliphatic rings. The quantitative estimate of drug-likeness (QED) is 0.350. The van der Waals surface area contributed by atoms with Gasteiger partial charge in [0.1, 0.15) is 5.75 Å². The van der Waals surface area contributed by atoms with Crippen molar-refractivity contribution in [1.29, 1.82) is 0 Å². The van der Waals surface area contributed by atoms with E-state index in [1.54, 1.807) is 31.4 Å². The SMILES string of the molecule is CCOc1cc(C2C3=C(CCCC3=O)N(CC)C3=C2C(=O)CCC3)cc(Br)c1OCC(=O)Nc1ccc(OC)cc1. The second-order valence-corrected chi connectivity index (χ2v) is 11.1. The molecule has 0 radical (unpaired) electrons. The van der Waals surface area contributed by atoms with E-state index in [1.165, 1.54) is 0 Å². The predicted octanol–water partition coefficient (Wildman–Crippen LogP) is 6.31. The van der Waals surface area contributed by atoms with Gasteiger partial charge in [-0.3, -0.25) is 14.4 Å². The van der Waals surface area contributed by atoms with Crippen LogP contribution in [0.15, 0.2) is 63.4 Å². The zero-order valence-electron chi connectivity index (χ0n) is 23.7. The molecule has 2 aromatic carbocycles. The number of nitrogens with zero attached hydrogens (tertiary/aromatic N) is 1. The molecule has 1 heterocycles. The van der Waals surface area contributed by atoms with Gasteiger partial charge in [-0.2, -0.15) is 0 Å². The lowest BCUT2D eigenvalue weighted by Crippen LogP contribution is -2.39. The monoisotopic (exact) mass is 622 g/mol. The Morgan fingerprint density at radius 2 is 1.59 bits per heavy atom. The maximum atomic E-state index is 13.4. The summed E-state index contributed by atoms with van der Waals surface area (Å²) in [6, 6.07) is 10.8. The number of amides is 1. The Kier molecular flexibility index (Phi) is 8.82. The van der Waals surface area contributed by atoms with Crippen molar-refractivity contribution in [3.05, 3.63) is 69.0 Å².